The molecule has 0 amide bonds. The summed E-state index contributed by atoms with van der Waals surface area (Å²) >= 11 is 0. The molecule has 0 saturated heterocycles. The van der Waals surface area contributed by atoms with Crippen LogP contribution in [0, 0.1) is 0 Å². The second-order valence-electron chi connectivity index (χ2n) is 24.3. The molecule has 0 aromatic rings. The van der Waals surface area contributed by atoms with Crippen molar-refractivity contribution in [2.45, 2.75) is 439 Å². The third-order valence-corrected chi connectivity index (χ3v) is 15.9. The van der Waals surface area contributed by atoms with Gasteiger partial charge in [-0.3, -0.25) is 0 Å². The summed E-state index contributed by atoms with van der Waals surface area (Å²) in [5.74, 6) is -3.61. The average molecular weight is 1230 g/mol. The summed E-state index contributed by atoms with van der Waals surface area (Å²) < 4.78 is 0. The minimum absolute atomic E-state index is 0. The second kappa shape index (κ2) is 89.4. The molecular formula is C72H140CaCoO8. The number of hydrogen-bond donors (Lipinski definition) is 0. The van der Waals surface area contributed by atoms with E-state index >= 15 is 0 Å². The fraction of sp³-hybridized carbons (Fsp3) is 0.944. The van der Waals surface area contributed by atoms with Gasteiger partial charge in [0, 0.05) is 23.9 Å². The first-order valence-corrected chi connectivity index (χ1v) is 35.9. The number of carboxylic acid groups (broad SMARTS) is 4. The monoisotopic (exact) mass is 1230 g/mol. The molecule has 0 heterocycles. The third-order valence-electron chi connectivity index (χ3n) is 15.9. The van der Waals surface area contributed by atoms with Crippen LogP contribution < -0.4 is 20.4 Å². The van der Waals surface area contributed by atoms with E-state index in [9.17, 15) is 39.6 Å². The molecule has 0 aliphatic carbocycles. The van der Waals surface area contributed by atoms with Gasteiger partial charge < -0.3 is 39.6 Å². The van der Waals surface area contributed by atoms with Crippen LogP contribution in [0.15, 0.2) is 0 Å². The van der Waals surface area contributed by atoms with Gasteiger partial charge in [-0.2, -0.15) is 0 Å². The van der Waals surface area contributed by atoms with Crippen LogP contribution in [-0.4, -0.2) is 61.6 Å². The molecule has 1 radical (unpaired) electrons. The fourth-order valence-electron chi connectivity index (χ4n) is 10.6. The van der Waals surface area contributed by atoms with E-state index in [1.165, 1.54) is 334 Å². The number of rotatable bonds is 64. The topological polar surface area (TPSA) is 161 Å². The van der Waals surface area contributed by atoms with Crippen LogP contribution in [0.25, 0.3) is 0 Å². The molecule has 0 atom stereocenters. The number of unbranched alkanes of at least 4 members (excludes halogenated alkanes) is 56. The SMILES string of the molecule is CCCCCCCCCCCCCCCCCC(=O)[O-].CCCCCCCCCCCCCCCCCC(=O)[O-].CCCCCCCCCCCCCCCCCC(=O)[O-].CCCCCCCCCCCCCCCCCC(=O)[O-].[Ca+2].[Co+2]. The third kappa shape index (κ3) is 108. The molecule has 0 spiro atoms. The Hall–Kier alpha value is -0.354. The van der Waals surface area contributed by atoms with Crippen molar-refractivity contribution in [3.8, 4) is 0 Å². The smallest absolute Gasteiger partial charge is 0.550 e. The number of carbonyl (C=O) groups is 4. The van der Waals surface area contributed by atoms with E-state index in [0.29, 0.717) is 0 Å². The second-order valence-corrected chi connectivity index (χ2v) is 24.3. The van der Waals surface area contributed by atoms with E-state index in [1.807, 2.05) is 0 Å². The molecule has 0 N–H and O–H groups in total. The summed E-state index contributed by atoms with van der Waals surface area (Å²) in [7, 11) is 0. The number of aliphatic carboxylic acids is 4. The first kappa shape index (κ1) is 92.8. The van der Waals surface area contributed by atoms with Crippen LogP contribution in [0.5, 0.6) is 0 Å². The van der Waals surface area contributed by atoms with E-state index in [2.05, 4.69) is 27.7 Å². The van der Waals surface area contributed by atoms with Crippen molar-refractivity contribution >= 4 is 61.6 Å². The molecule has 0 aromatic carbocycles. The van der Waals surface area contributed by atoms with Crippen molar-refractivity contribution in [3.05, 3.63) is 0 Å². The molecule has 82 heavy (non-hydrogen) atoms. The molecule has 0 saturated carbocycles. The quantitative estimate of drug-likeness (QED) is 0.0430. The van der Waals surface area contributed by atoms with Crippen molar-refractivity contribution in [1.82, 2.24) is 0 Å². The fourth-order valence-corrected chi connectivity index (χ4v) is 10.6. The van der Waals surface area contributed by atoms with Gasteiger partial charge in [-0.1, -0.05) is 387 Å². The summed E-state index contributed by atoms with van der Waals surface area (Å²) in [6.45, 7) is 9.07. The van der Waals surface area contributed by atoms with Gasteiger partial charge in [-0.15, -0.1) is 0 Å². The Bertz CT molecular complexity index is 998. The van der Waals surface area contributed by atoms with Crippen LogP contribution in [0.2, 0.25) is 0 Å². The van der Waals surface area contributed by atoms with Gasteiger partial charge in [0.25, 0.3) is 0 Å². The Morgan fingerprint density at radius 1 is 0.171 bits per heavy atom. The van der Waals surface area contributed by atoms with Gasteiger partial charge in [0.1, 0.15) is 0 Å². The molecule has 10 heteroatoms. The number of hydrogen-bond acceptors (Lipinski definition) is 8. The molecule has 8 nitrogen and oxygen atoms in total. The Morgan fingerprint density at radius 2 is 0.244 bits per heavy atom. The minimum Gasteiger partial charge on any atom is -0.550 e. The van der Waals surface area contributed by atoms with Crippen LogP contribution >= 0.6 is 0 Å². The van der Waals surface area contributed by atoms with Crippen LogP contribution in [0.4, 0.5) is 0 Å². The van der Waals surface area contributed by atoms with Gasteiger partial charge in [-0.05, 0) is 51.4 Å². The summed E-state index contributed by atoms with van der Waals surface area (Å²) in [6, 6.07) is 0. The normalized spacial score (nSPS) is 10.6. The van der Waals surface area contributed by atoms with Gasteiger partial charge in [0.05, 0.1) is 0 Å². The van der Waals surface area contributed by atoms with E-state index in [4.69, 9.17) is 0 Å². The molecule has 0 aliphatic rings. The molecule has 0 rings (SSSR count). The Morgan fingerprint density at radius 3 is 0.317 bits per heavy atom. The zero-order valence-corrected chi connectivity index (χ0v) is 58.8. The largest absolute Gasteiger partial charge is 2.00 e. The Labute approximate surface area is 552 Å². The molecule has 0 unspecified atom stereocenters. The van der Waals surface area contributed by atoms with Gasteiger partial charge in [0.2, 0.25) is 0 Å². The first-order valence-electron chi connectivity index (χ1n) is 35.9. The maximum absolute atomic E-state index is 10.2. The van der Waals surface area contributed by atoms with E-state index in [1.54, 1.807) is 0 Å². The van der Waals surface area contributed by atoms with Crippen molar-refractivity contribution in [3.63, 3.8) is 0 Å². The van der Waals surface area contributed by atoms with Crippen molar-refractivity contribution in [2.75, 3.05) is 0 Å². The molecular weight excluding hydrogens is 1090 g/mol. The van der Waals surface area contributed by atoms with E-state index in [0.717, 1.165) is 51.4 Å². The van der Waals surface area contributed by atoms with Gasteiger partial charge >= 0.3 is 54.5 Å². The van der Waals surface area contributed by atoms with E-state index in [-0.39, 0.29) is 80.2 Å². The summed E-state index contributed by atoms with van der Waals surface area (Å²) in [5, 5.41) is 40.9. The summed E-state index contributed by atoms with van der Waals surface area (Å²) in [5.41, 5.74) is 0. The zero-order valence-electron chi connectivity index (χ0n) is 55.6. The maximum Gasteiger partial charge on any atom is 2.00 e. The van der Waals surface area contributed by atoms with Gasteiger partial charge in [-0.25, -0.2) is 0 Å². The van der Waals surface area contributed by atoms with Crippen LogP contribution in [-0.2, 0) is 36.0 Å². The van der Waals surface area contributed by atoms with Crippen LogP contribution in [0.3, 0.4) is 0 Å². The molecule has 0 bridgehead atoms. The Balaban J connectivity index is -0.000000233. The van der Waals surface area contributed by atoms with Crippen molar-refractivity contribution < 1.29 is 56.4 Å². The van der Waals surface area contributed by atoms with Crippen molar-refractivity contribution in [1.29, 1.82) is 0 Å². The molecule has 0 fully saturated rings. The van der Waals surface area contributed by atoms with E-state index < -0.39 is 23.9 Å². The predicted molar refractivity (Wildman–Crippen MR) is 344 cm³/mol. The van der Waals surface area contributed by atoms with Gasteiger partial charge in [0.15, 0.2) is 0 Å². The van der Waals surface area contributed by atoms with Crippen molar-refractivity contribution in [2.24, 2.45) is 0 Å². The number of carboxylic acids is 4. The first-order chi connectivity index (χ1) is 39.1. The molecule has 0 aromatic heterocycles. The molecule has 487 valence electrons. The number of carbonyl (C=O) groups excluding carboxylic acids is 4. The molecule has 0 aliphatic heterocycles. The Kier molecular flexibility index (Phi) is 101. The van der Waals surface area contributed by atoms with Crippen LogP contribution in [0.1, 0.15) is 439 Å². The summed E-state index contributed by atoms with van der Waals surface area (Å²) in [4.78, 5) is 40.9. The minimum atomic E-state index is -0.903. The maximum atomic E-state index is 10.2. The summed E-state index contributed by atoms with van der Waals surface area (Å²) in [6.07, 6.45) is 79.4. The predicted octanol–water partition coefficient (Wildman–Crippen LogP) is 19.6. The zero-order chi connectivity index (χ0) is 59.6. The average Bonchev–Trinajstić information content (AvgIpc) is 3.43. The standard InChI is InChI=1S/4C18H36O2.Ca.Co/c4*1-2-3-4-5-6-7-8-9-10-11-12-13-14-15-16-17-18(19)20;;/h4*2-17H2,1H3,(H,19,20);;/q;;;;2*+2/p-4.